The molecule has 0 aromatic heterocycles. The van der Waals surface area contributed by atoms with Crippen LogP contribution in [0.2, 0.25) is 0 Å². The number of rotatable bonds is 8. The number of anilines is 4. The van der Waals surface area contributed by atoms with Crippen molar-refractivity contribution in [1.82, 2.24) is 0 Å². The van der Waals surface area contributed by atoms with Crippen molar-refractivity contribution in [2.45, 2.75) is 44.2 Å². The fourth-order valence-corrected chi connectivity index (χ4v) is 11.1. The number of benzene rings is 8. The first-order chi connectivity index (χ1) is 32.0. The van der Waals surface area contributed by atoms with E-state index in [1.165, 1.54) is 101 Å². The maximum absolute atomic E-state index is 2.60. The van der Waals surface area contributed by atoms with E-state index in [1.807, 2.05) is 0 Å². The van der Waals surface area contributed by atoms with Crippen LogP contribution in [0.5, 0.6) is 0 Å². The molecule has 0 bridgehead atoms. The third kappa shape index (κ3) is 6.63. The summed E-state index contributed by atoms with van der Waals surface area (Å²) in [6.07, 6.45) is 13.8. The number of nitrogens with zero attached hydrogens (tertiary/aromatic N) is 2. The Balaban J connectivity index is 0.961. The number of hydrogen-bond donors (Lipinski definition) is 0. The monoisotopic (exact) mass is 834 g/mol. The van der Waals surface area contributed by atoms with Crippen LogP contribution in [0, 0.1) is 0 Å². The summed E-state index contributed by atoms with van der Waals surface area (Å²) in [6, 6.07) is 74.3. The Morgan fingerprint density at radius 3 is 1.80 bits per heavy atom. The Hall–Kier alpha value is -7.68. The number of fused-ring (bicyclic) bond motifs is 6. The summed E-state index contributed by atoms with van der Waals surface area (Å²) in [6.45, 7) is 4.75. The molecular formula is C63H50N2. The molecule has 8 aromatic carbocycles. The molecule has 0 fully saturated rings. The Bertz CT molecular complexity index is 3170. The maximum atomic E-state index is 2.60. The molecule has 2 unspecified atom stereocenters. The summed E-state index contributed by atoms with van der Waals surface area (Å²) >= 11 is 0. The van der Waals surface area contributed by atoms with Gasteiger partial charge in [-0.15, -0.1) is 0 Å². The zero-order chi connectivity index (χ0) is 43.5. The lowest BCUT2D eigenvalue weighted by Crippen LogP contribution is -2.30. The molecule has 8 aromatic rings. The van der Waals surface area contributed by atoms with Gasteiger partial charge in [-0.05, 0) is 122 Å². The van der Waals surface area contributed by atoms with Crippen LogP contribution in [-0.2, 0) is 5.41 Å². The Labute approximate surface area is 383 Å². The van der Waals surface area contributed by atoms with E-state index in [1.54, 1.807) is 0 Å². The van der Waals surface area contributed by atoms with Crippen molar-refractivity contribution < 1.29 is 0 Å². The molecule has 312 valence electrons. The van der Waals surface area contributed by atoms with Gasteiger partial charge in [0.1, 0.15) is 0 Å². The standard InChI is InChI=1S/C63H50N2/c1-63(2)56-27-14-12-24-54(56)62-57(63)28-17-31-60(62)64(50-36-32-46(33-37-50)43-18-6-3-7-19-43)51-38-34-47(35-39-51)53-26-16-30-59-61(53)55-25-13-15-29-58(55)65(59)52-41-48(44-20-8-4-9-21-44)40-49(42-52)45-22-10-5-11-23-45/h3-29,31-36,38-42,50,59H,30,37H2,1-2H3. The summed E-state index contributed by atoms with van der Waals surface area (Å²) in [5.41, 5.74) is 23.0. The molecule has 12 rings (SSSR count). The fraction of sp³-hybridized carbons (Fsp3) is 0.111. The van der Waals surface area contributed by atoms with Gasteiger partial charge in [0, 0.05) is 39.3 Å². The predicted molar refractivity (Wildman–Crippen MR) is 275 cm³/mol. The summed E-state index contributed by atoms with van der Waals surface area (Å²) in [7, 11) is 0. The normalized spacial score (nSPS) is 17.6. The molecule has 4 aliphatic rings. The van der Waals surface area contributed by atoms with Gasteiger partial charge in [-0.3, -0.25) is 0 Å². The third-order valence-corrected chi connectivity index (χ3v) is 14.3. The molecule has 2 nitrogen and oxygen atoms in total. The summed E-state index contributed by atoms with van der Waals surface area (Å²) in [4.78, 5) is 5.20. The maximum Gasteiger partial charge on any atom is 0.0639 e. The van der Waals surface area contributed by atoms with Crippen LogP contribution in [0.3, 0.4) is 0 Å². The molecule has 1 heterocycles. The number of hydrogen-bond acceptors (Lipinski definition) is 2. The second-order valence-corrected chi connectivity index (χ2v) is 18.3. The molecule has 0 saturated heterocycles. The van der Waals surface area contributed by atoms with E-state index in [-0.39, 0.29) is 17.5 Å². The van der Waals surface area contributed by atoms with E-state index in [2.05, 4.69) is 254 Å². The van der Waals surface area contributed by atoms with Crippen LogP contribution in [-0.4, -0.2) is 12.1 Å². The quantitative estimate of drug-likeness (QED) is 0.150. The highest BCUT2D eigenvalue weighted by molar-refractivity contribution is 6.07. The van der Waals surface area contributed by atoms with Crippen molar-refractivity contribution in [3.8, 4) is 33.4 Å². The lowest BCUT2D eigenvalue weighted by molar-refractivity contribution is 0.660. The Morgan fingerprint density at radius 1 is 0.508 bits per heavy atom. The summed E-state index contributed by atoms with van der Waals surface area (Å²) in [5.74, 6) is 0. The highest BCUT2D eigenvalue weighted by Crippen LogP contribution is 2.55. The van der Waals surface area contributed by atoms with Gasteiger partial charge in [-0.2, -0.15) is 0 Å². The molecule has 0 saturated carbocycles. The van der Waals surface area contributed by atoms with Crippen LogP contribution in [0.25, 0.3) is 50.1 Å². The van der Waals surface area contributed by atoms with Gasteiger partial charge in [0.2, 0.25) is 0 Å². The topological polar surface area (TPSA) is 6.48 Å². The van der Waals surface area contributed by atoms with E-state index in [0.717, 1.165) is 12.8 Å². The van der Waals surface area contributed by atoms with Gasteiger partial charge in [0.05, 0.1) is 12.1 Å². The highest BCUT2D eigenvalue weighted by Gasteiger charge is 2.40. The third-order valence-electron chi connectivity index (χ3n) is 14.3. The molecule has 0 spiro atoms. The van der Waals surface area contributed by atoms with Crippen LogP contribution < -0.4 is 9.80 Å². The smallest absolute Gasteiger partial charge is 0.0639 e. The predicted octanol–water partition coefficient (Wildman–Crippen LogP) is 16.3. The van der Waals surface area contributed by atoms with Crippen LogP contribution in [0.4, 0.5) is 22.7 Å². The van der Waals surface area contributed by atoms with Crippen LogP contribution >= 0.6 is 0 Å². The van der Waals surface area contributed by atoms with Crippen LogP contribution in [0.15, 0.2) is 231 Å². The van der Waals surface area contributed by atoms with Gasteiger partial charge in [-0.25, -0.2) is 0 Å². The van der Waals surface area contributed by atoms with Crippen molar-refractivity contribution in [3.63, 3.8) is 0 Å². The Kier molecular flexibility index (Phi) is 9.49. The van der Waals surface area contributed by atoms with Crippen molar-refractivity contribution in [2.24, 2.45) is 0 Å². The van der Waals surface area contributed by atoms with Gasteiger partial charge in [0.15, 0.2) is 0 Å². The molecule has 2 atom stereocenters. The largest absolute Gasteiger partial charge is 0.334 e. The summed E-state index contributed by atoms with van der Waals surface area (Å²) < 4.78 is 0. The van der Waals surface area contributed by atoms with E-state index >= 15 is 0 Å². The average Bonchev–Trinajstić information content (AvgIpc) is 3.84. The SMILES string of the molecule is CC1(C)c2ccccc2-c2c(N(c3ccc(C4=C5c6ccccc6N(c6cc(-c7ccccc7)cc(-c7ccccc7)c6)C5CC=C4)cc3)C3C=CC(c4ccccc4)=CC3)cccc21. The lowest BCUT2D eigenvalue weighted by Gasteiger charge is -2.35. The molecule has 0 N–H and O–H groups in total. The van der Waals surface area contributed by atoms with Gasteiger partial charge in [-0.1, -0.05) is 202 Å². The zero-order valence-electron chi connectivity index (χ0n) is 36.9. The molecule has 2 heteroatoms. The molecule has 1 aliphatic heterocycles. The second kappa shape index (κ2) is 15.8. The average molecular weight is 835 g/mol. The first-order valence-corrected chi connectivity index (χ1v) is 23.1. The minimum atomic E-state index is -0.0879. The van der Waals surface area contributed by atoms with Crippen molar-refractivity contribution in [2.75, 3.05) is 9.80 Å². The number of allylic oxidation sites excluding steroid dienone is 4. The first kappa shape index (κ1) is 39.0. The van der Waals surface area contributed by atoms with E-state index in [0.29, 0.717) is 0 Å². The fourth-order valence-electron chi connectivity index (χ4n) is 11.1. The van der Waals surface area contributed by atoms with E-state index < -0.39 is 0 Å². The second-order valence-electron chi connectivity index (χ2n) is 18.3. The summed E-state index contributed by atoms with van der Waals surface area (Å²) in [5, 5.41) is 0. The minimum Gasteiger partial charge on any atom is -0.334 e. The molecule has 3 aliphatic carbocycles. The van der Waals surface area contributed by atoms with Gasteiger partial charge in [0.25, 0.3) is 0 Å². The first-order valence-electron chi connectivity index (χ1n) is 23.1. The van der Waals surface area contributed by atoms with E-state index in [4.69, 9.17) is 0 Å². The van der Waals surface area contributed by atoms with Gasteiger partial charge >= 0.3 is 0 Å². The molecule has 0 amide bonds. The van der Waals surface area contributed by atoms with Gasteiger partial charge < -0.3 is 9.80 Å². The zero-order valence-corrected chi connectivity index (χ0v) is 36.9. The van der Waals surface area contributed by atoms with Crippen LogP contribution in [0.1, 0.15) is 54.5 Å². The van der Waals surface area contributed by atoms with Crippen molar-refractivity contribution in [1.29, 1.82) is 0 Å². The minimum absolute atomic E-state index is 0.0879. The number of para-hydroxylation sites is 1. The Morgan fingerprint density at radius 2 is 1.12 bits per heavy atom. The van der Waals surface area contributed by atoms with E-state index in [9.17, 15) is 0 Å². The lowest BCUT2D eigenvalue weighted by atomic mass is 9.82. The molecular weight excluding hydrogens is 785 g/mol. The van der Waals surface area contributed by atoms with Crippen molar-refractivity contribution >= 4 is 39.5 Å². The molecule has 65 heavy (non-hydrogen) atoms. The molecule has 0 radical (unpaired) electrons. The highest BCUT2D eigenvalue weighted by atomic mass is 15.2. The van der Waals surface area contributed by atoms with Crippen molar-refractivity contribution in [3.05, 3.63) is 258 Å².